The Kier molecular flexibility index (Phi) is 6.46. The third-order valence-corrected chi connectivity index (χ3v) is 2.87. The molecule has 4 nitrogen and oxygen atoms in total. The fourth-order valence-electron chi connectivity index (χ4n) is 1.34. The van der Waals surface area contributed by atoms with E-state index in [1.165, 1.54) is 0 Å². The minimum Gasteiger partial charge on any atom is -0.482 e. The van der Waals surface area contributed by atoms with Crippen LogP contribution in [-0.4, -0.2) is 32.3 Å². The van der Waals surface area contributed by atoms with Gasteiger partial charge in [0.2, 0.25) is 0 Å². The SMILES string of the molecule is COC[C@H](C)NC(=O)COc1ccc(Br)cc1Cl. The van der Waals surface area contributed by atoms with Gasteiger partial charge in [-0.1, -0.05) is 27.5 Å². The maximum atomic E-state index is 11.5. The van der Waals surface area contributed by atoms with Crippen LogP contribution in [0.4, 0.5) is 0 Å². The summed E-state index contributed by atoms with van der Waals surface area (Å²) in [5.41, 5.74) is 0. The van der Waals surface area contributed by atoms with Crippen LogP contribution in [0.5, 0.6) is 5.75 Å². The van der Waals surface area contributed by atoms with Gasteiger partial charge < -0.3 is 14.8 Å². The van der Waals surface area contributed by atoms with Gasteiger partial charge in [0.05, 0.1) is 11.6 Å². The van der Waals surface area contributed by atoms with Crippen LogP contribution in [0.25, 0.3) is 0 Å². The fraction of sp³-hybridized carbons (Fsp3) is 0.417. The van der Waals surface area contributed by atoms with Crippen molar-refractivity contribution < 1.29 is 14.3 Å². The second-order valence-electron chi connectivity index (χ2n) is 3.79. The Labute approximate surface area is 120 Å². The molecule has 0 heterocycles. The summed E-state index contributed by atoms with van der Waals surface area (Å²) in [5.74, 6) is 0.271. The molecule has 1 rings (SSSR count). The van der Waals surface area contributed by atoms with Gasteiger partial charge >= 0.3 is 0 Å². The van der Waals surface area contributed by atoms with Crippen LogP contribution in [0.15, 0.2) is 22.7 Å². The van der Waals surface area contributed by atoms with E-state index in [1.807, 2.05) is 6.92 Å². The lowest BCUT2D eigenvalue weighted by Gasteiger charge is -2.13. The Morgan fingerprint density at radius 3 is 2.89 bits per heavy atom. The number of nitrogens with one attached hydrogen (secondary N) is 1. The molecule has 1 N–H and O–H groups in total. The van der Waals surface area contributed by atoms with Gasteiger partial charge in [0.1, 0.15) is 5.75 Å². The summed E-state index contributed by atoms with van der Waals surface area (Å²) >= 11 is 9.25. The zero-order valence-electron chi connectivity index (χ0n) is 10.2. The van der Waals surface area contributed by atoms with Crippen molar-refractivity contribution in [1.82, 2.24) is 5.32 Å². The zero-order valence-corrected chi connectivity index (χ0v) is 12.5. The highest BCUT2D eigenvalue weighted by Crippen LogP contribution is 2.27. The molecule has 0 radical (unpaired) electrons. The Bertz CT molecular complexity index is 414. The van der Waals surface area contributed by atoms with Crippen molar-refractivity contribution >= 4 is 33.4 Å². The van der Waals surface area contributed by atoms with Gasteiger partial charge in [-0.05, 0) is 25.1 Å². The lowest BCUT2D eigenvalue weighted by Crippen LogP contribution is -2.38. The summed E-state index contributed by atoms with van der Waals surface area (Å²) in [6.07, 6.45) is 0. The number of methoxy groups -OCH3 is 1. The quantitative estimate of drug-likeness (QED) is 0.869. The minimum atomic E-state index is -0.210. The molecule has 100 valence electrons. The molecule has 0 aliphatic heterocycles. The first-order chi connectivity index (χ1) is 8.52. The lowest BCUT2D eigenvalue weighted by atomic mass is 10.3. The van der Waals surface area contributed by atoms with E-state index in [2.05, 4.69) is 21.2 Å². The second kappa shape index (κ2) is 7.61. The largest absolute Gasteiger partial charge is 0.482 e. The number of hydrogen-bond donors (Lipinski definition) is 1. The Hall–Kier alpha value is -0.780. The molecule has 6 heteroatoms. The molecular formula is C12H15BrClNO3. The monoisotopic (exact) mass is 335 g/mol. The molecular weight excluding hydrogens is 321 g/mol. The van der Waals surface area contributed by atoms with Crippen LogP contribution >= 0.6 is 27.5 Å². The van der Waals surface area contributed by atoms with Crippen LogP contribution in [0.2, 0.25) is 5.02 Å². The van der Waals surface area contributed by atoms with Crippen molar-refractivity contribution in [3.63, 3.8) is 0 Å². The second-order valence-corrected chi connectivity index (χ2v) is 5.11. The van der Waals surface area contributed by atoms with E-state index in [9.17, 15) is 4.79 Å². The van der Waals surface area contributed by atoms with Gasteiger partial charge in [-0.3, -0.25) is 4.79 Å². The Morgan fingerprint density at radius 2 is 2.28 bits per heavy atom. The van der Waals surface area contributed by atoms with E-state index in [-0.39, 0.29) is 18.6 Å². The van der Waals surface area contributed by atoms with E-state index in [4.69, 9.17) is 21.1 Å². The van der Waals surface area contributed by atoms with Crippen molar-refractivity contribution in [3.8, 4) is 5.75 Å². The number of benzene rings is 1. The molecule has 0 aliphatic carbocycles. The first kappa shape index (κ1) is 15.3. The summed E-state index contributed by atoms with van der Waals surface area (Å²) in [5, 5.41) is 3.20. The molecule has 0 bridgehead atoms. The average molecular weight is 337 g/mol. The highest BCUT2D eigenvalue weighted by atomic mass is 79.9. The first-order valence-corrected chi connectivity index (χ1v) is 6.56. The van der Waals surface area contributed by atoms with Gasteiger partial charge in [0.25, 0.3) is 5.91 Å². The molecule has 0 aliphatic rings. The minimum absolute atomic E-state index is 0.0495. The summed E-state index contributed by atoms with van der Waals surface area (Å²) in [7, 11) is 1.58. The van der Waals surface area contributed by atoms with Crippen LogP contribution in [0, 0.1) is 0 Å². The Morgan fingerprint density at radius 1 is 1.56 bits per heavy atom. The molecule has 0 unspecified atom stereocenters. The van der Waals surface area contributed by atoms with Crippen molar-refractivity contribution in [2.24, 2.45) is 0 Å². The molecule has 1 aromatic rings. The fourth-order valence-corrected chi connectivity index (χ4v) is 2.07. The van der Waals surface area contributed by atoms with Crippen molar-refractivity contribution in [3.05, 3.63) is 27.7 Å². The predicted octanol–water partition coefficient (Wildman–Crippen LogP) is 2.63. The first-order valence-electron chi connectivity index (χ1n) is 5.39. The third kappa shape index (κ3) is 5.25. The number of halogens is 2. The molecule has 1 aromatic carbocycles. The van der Waals surface area contributed by atoms with E-state index in [0.29, 0.717) is 17.4 Å². The molecule has 1 atom stereocenters. The van der Waals surface area contributed by atoms with Crippen LogP contribution in [0.1, 0.15) is 6.92 Å². The summed E-state index contributed by atoms with van der Waals surface area (Å²) in [4.78, 5) is 11.5. The topological polar surface area (TPSA) is 47.6 Å². The normalized spacial score (nSPS) is 12.0. The van der Waals surface area contributed by atoms with Gasteiger partial charge in [0, 0.05) is 17.6 Å². The van der Waals surface area contributed by atoms with Crippen LogP contribution < -0.4 is 10.1 Å². The number of ether oxygens (including phenoxy) is 2. The van der Waals surface area contributed by atoms with Crippen molar-refractivity contribution in [1.29, 1.82) is 0 Å². The molecule has 0 spiro atoms. The molecule has 0 aromatic heterocycles. The molecule has 0 saturated carbocycles. The van der Waals surface area contributed by atoms with E-state index < -0.39 is 0 Å². The van der Waals surface area contributed by atoms with E-state index in [1.54, 1.807) is 25.3 Å². The number of carbonyl (C=O) groups excluding carboxylic acids is 1. The summed E-state index contributed by atoms with van der Waals surface area (Å²) in [6, 6.07) is 5.17. The number of hydrogen-bond acceptors (Lipinski definition) is 3. The molecule has 0 fully saturated rings. The number of amides is 1. The lowest BCUT2D eigenvalue weighted by molar-refractivity contribution is -0.124. The third-order valence-electron chi connectivity index (χ3n) is 2.08. The maximum absolute atomic E-state index is 11.5. The van der Waals surface area contributed by atoms with E-state index in [0.717, 1.165) is 4.47 Å². The molecule has 1 amide bonds. The molecule has 0 saturated heterocycles. The van der Waals surface area contributed by atoms with Crippen molar-refractivity contribution in [2.75, 3.05) is 20.3 Å². The van der Waals surface area contributed by atoms with Gasteiger partial charge in [-0.2, -0.15) is 0 Å². The Balaban J connectivity index is 2.42. The van der Waals surface area contributed by atoms with Crippen LogP contribution in [0.3, 0.4) is 0 Å². The number of carbonyl (C=O) groups is 1. The van der Waals surface area contributed by atoms with Gasteiger partial charge in [-0.25, -0.2) is 0 Å². The van der Waals surface area contributed by atoms with Crippen molar-refractivity contribution in [2.45, 2.75) is 13.0 Å². The average Bonchev–Trinajstić information content (AvgIpc) is 2.28. The summed E-state index contributed by atoms with van der Waals surface area (Å²) < 4.78 is 11.1. The van der Waals surface area contributed by atoms with Gasteiger partial charge in [-0.15, -0.1) is 0 Å². The van der Waals surface area contributed by atoms with Crippen LogP contribution in [-0.2, 0) is 9.53 Å². The van der Waals surface area contributed by atoms with Gasteiger partial charge in [0.15, 0.2) is 6.61 Å². The van der Waals surface area contributed by atoms with E-state index >= 15 is 0 Å². The highest BCUT2D eigenvalue weighted by molar-refractivity contribution is 9.10. The highest BCUT2D eigenvalue weighted by Gasteiger charge is 2.09. The maximum Gasteiger partial charge on any atom is 0.258 e. The standard InChI is InChI=1S/C12H15BrClNO3/c1-8(6-17-2)15-12(16)7-18-11-4-3-9(13)5-10(11)14/h3-5,8H,6-7H2,1-2H3,(H,15,16)/t8-/m0/s1. The zero-order chi connectivity index (χ0) is 13.5. The smallest absolute Gasteiger partial charge is 0.258 e. The molecule has 18 heavy (non-hydrogen) atoms. The predicted molar refractivity (Wildman–Crippen MR) is 74.1 cm³/mol. The summed E-state index contributed by atoms with van der Waals surface area (Å²) in [6.45, 7) is 2.24. The number of rotatable bonds is 6.